The van der Waals surface area contributed by atoms with Crippen molar-refractivity contribution in [1.82, 2.24) is 0 Å². The lowest BCUT2D eigenvalue weighted by Crippen LogP contribution is -2.31. The topological polar surface area (TPSA) is 38.8 Å². The van der Waals surface area contributed by atoms with Gasteiger partial charge in [0.2, 0.25) is 5.60 Å². The minimum atomic E-state index is -0.931. The molecule has 0 bridgehead atoms. The number of hydrogen-bond donors (Lipinski definition) is 0. The zero-order valence-electron chi connectivity index (χ0n) is 11.7. The Morgan fingerprint density at radius 1 is 1.22 bits per heavy atom. The Kier molecular flexibility index (Phi) is 2.98. The first-order chi connectivity index (χ1) is 8.33. The average molecular weight is 248 g/mol. The van der Waals surface area contributed by atoms with Gasteiger partial charge in [-0.15, -0.1) is 0 Å². The second kappa shape index (κ2) is 4.09. The molecule has 98 valence electrons. The Morgan fingerprint density at radius 2 is 1.72 bits per heavy atom. The van der Waals surface area contributed by atoms with Gasteiger partial charge in [0.1, 0.15) is 5.60 Å². The minimum Gasteiger partial charge on any atom is -0.464 e. The van der Waals surface area contributed by atoms with Crippen LogP contribution < -0.4 is 0 Å². The number of aryl methyl sites for hydroxylation is 2. The van der Waals surface area contributed by atoms with Crippen LogP contribution in [0.15, 0.2) is 18.2 Å². The minimum absolute atomic E-state index is 0.292. The maximum absolute atomic E-state index is 12.2. The maximum Gasteiger partial charge on any atom is 0.346 e. The van der Waals surface area contributed by atoms with E-state index >= 15 is 0 Å². The predicted octanol–water partition coefficient (Wildman–Crippen LogP) is 2.87. The molecule has 3 heteroatoms. The Morgan fingerprint density at radius 3 is 2.11 bits per heavy atom. The second-order valence-electron chi connectivity index (χ2n) is 5.39. The molecule has 1 aliphatic rings. The number of carbonyl (C=O) groups excluding carboxylic acids is 1. The van der Waals surface area contributed by atoms with Crippen LogP contribution in [0.3, 0.4) is 0 Å². The molecule has 0 aromatic heterocycles. The van der Waals surface area contributed by atoms with Crippen molar-refractivity contribution < 1.29 is 14.3 Å². The van der Waals surface area contributed by atoms with Gasteiger partial charge in [-0.1, -0.05) is 29.3 Å². The Balaban J connectivity index is 2.47. The summed E-state index contributed by atoms with van der Waals surface area (Å²) in [7, 11) is 0. The fourth-order valence-corrected chi connectivity index (χ4v) is 2.58. The van der Waals surface area contributed by atoms with Gasteiger partial charge >= 0.3 is 5.97 Å². The van der Waals surface area contributed by atoms with Gasteiger partial charge in [0.15, 0.2) is 0 Å². The largest absolute Gasteiger partial charge is 0.464 e. The van der Waals surface area contributed by atoms with E-state index in [1.165, 1.54) is 0 Å². The fourth-order valence-electron chi connectivity index (χ4n) is 2.58. The summed E-state index contributed by atoms with van der Waals surface area (Å²) < 4.78 is 10.9. The first-order valence-electron chi connectivity index (χ1n) is 6.29. The van der Waals surface area contributed by atoms with E-state index in [0.29, 0.717) is 6.61 Å². The van der Waals surface area contributed by atoms with Gasteiger partial charge in [0, 0.05) is 0 Å². The van der Waals surface area contributed by atoms with E-state index in [1.807, 2.05) is 46.8 Å². The second-order valence-corrected chi connectivity index (χ2v) is 5.39. The van der Waals surface area contributed by atoms with Gasteiger partial charge in [-0.3, -0.25) is 0 Å². The van der Waals surface area contributed by atoms with Crippen LogP contribution in [0.2, 0.25) is 0 Å². The van der Waals surface area contributed by atoms with Crippen molar-refractivity contribution >= 4 is 5.97 Å². The van der Waals surface area contributed by atoms with Crippen LogP contribution in [-0.4, -0.2) is 18.2 Å². The number of rotatable bonds is 3. The van der Waals surface area contributed by atoms with E-state index in [-0.39, 0.29) is 5.97 Å². The normalized spacial score (nSPS) is 24.7. The Labute approximate surface area is 108 Å². The Hall–Kier alpha value is -1.35. The van der Waals surface area contributed by atoms with Crippen LogP contribution in [0.1, 0.15) is 37.5 Å². The highest BCUT2D eigenvalue weighted by Gasteiger charge is 2.71. The number of epoxide rings is 1. The van der Waals surface area contributed by atoms with E-state index in [0.717, 1.165) is 16.7 Å². The van der Waals surface area contributed by atoms with Crippen molar-refractivity contribution in [2.75, 3.05) is 6.61 Å². The smallest absolute Gasteiger partial charge is 0.346 e. The maximum atomic E-state index is 12.2. The van der Waals surface area contributed by atoms with Crippen LogP contribution in [0, 0.1) is 13.8 Å². The highest BCUT2D eigenvalue weighted by molar-refractivity contribution is 5.86. The molecule has 1 aromatic rings. The highest BCUT2D eigenvalue weighted by atomic mass is 16.7. The molecule has 1 heterocycles. The van der Waals surface area contributed by atoms with Gasteiger partial charge < -0.3 is 9.47 Å². The summed E-state index contributed by atoms with van der Waals surface area (Å²) in [5.41, 5.74) is 1.71. The molecule has 1 aromatic carbocycles. The van der Waals surface area contributed by atoms with Crippen molar-refractivity contribution in [3.8, 4) is 0 Å². The number of hydrogen-bond acceptors (Lipinski definition) is 3. The molecule has 18 heavy (non-hydrogen) atoms. The molecule has 3 nitrogen and oxygen atoms in total. The Bertz CT molecular complexity index is 470. The van der Waals surface area contributed by atoms with Crippen molar-refractivity contribution in [2.45, 2.75) is 45.8 Å². The third-order valence-electron chi connectivity index (χ3n) is 3.41. The molecular formula is C15H20O3. The molecule has 2 rings (SSSR count). The lowest BCUT2D eigenvalue weighted by Gasteiger charge is -2.15. The third-order valence-corrected chi connectivity index (χ3v) is 3.41. The fraction of sp³-hybridized carbons (Fsp3) is 0.533. The van der Waals surface area contributed by atoms with Gasteiger partial charge in [-0.25, -0.2) is 4.79 Å². The number of ether oxygens (including phenoxy) is 2. The summed E-state index contributed by atoms with van der Waals surface area (Å²) in [6.45, 7) is 10.0. The number of esters is 1. The molecule has 0 amide bonds. The van der Waals surface area contributed by atoms with Crippen LogP contribution >= 0.6 is 0 Å². The SMILES string of the molecule is CCOC(=O)C1(c2cc(C)cc(C)c2)OC1(C)C. The molecule has 1 unspecified atom stereocenters. The molecule has 1 fully saturated rings. The lowest BCUT2D eigenvalue weighted by atomic mass is 9.87. The van der Waals surface area contributed by atoms with Crippen LogP contribution in [0.25, 0.3) is 0 Å². The van der Waals surface area contributed by atoms with Crippen molar-refractivity contribution in [3.05, 3.63) is 34.9 Å². The van der Waals surface area contributed by atoms with Gasteiger partial charge in [0.25, 0.3) is 0 Å². The van der Waals surface area contributed by atoms with Crippen LogP contribution in [0.4, 0.5) is 0 Å². The van der Waals surface area contributed by atoms with Gasteiger partial charge in [0.05, 0.1) is 6.61 Å². The van der Waals surface area contributed by atoms with E-state index in [9.17, 15) is 4.79 Å². The van der Waals surface area contributed by atoms with E-state index in [1.54, 1.807) is 0 Å². The molecule has 1 aliphatic heterocycles. The summed E-state index contributed by atoms with van der Waals surface area (Å²) in [5, 5.41) is 0. The van der Waals surface area contributed by atoms with E-state index in [4.69, 9.17) is 9.47 Å². The van der Waals surface area contributed by atoms with Crippen molar-refractivity contribution in [2.24, 2.45) is 0 Å². The van der Waals surface area contributed by atoms with E-state index in [2.05, 4.69) is 6.07 Å². The molecule has 0 radical (unpaired) electrons. The van der Waals surface area contributed by atoms with Gasteiger partial charge in [-0.2, -0.15) is 0 Å². The number of benzene rings is 1. The zero-order valence-corrected chi connectivity index (χ0v) is 11.7. The molecule has 1 saturated heterocycles. The van der Waals surface area contributed by atoms with Crippen molar-refractivity contribution in [3.63, 3.8) is 0 Å². The highest BCUT2D eigenvalue weighted by Crippen LogP contribution is 2.56. The standard InChI is InChI=1S/C15H20O3/c1-6-17-13(16)15(14(4,5)18-15)12-8-10(2)7-11(3)9-12/h7-9H,6H2,1-5H3. The summed E-state index contributed by atoms with van der Waals surface area (Å²) >= 11 is 0. The molecule has 0 N–H and O–H groups in total. The molecule has 0 saturated carbocycles. The predicted molar refractivity (Wildman–Crippen MR) is 69.4 cm³/mol. The summed E-state index contributed by atoms with van der Waals surface area (Å²) in [5.74, 6) is -0.292. The molecular weight excluding hydrogens is 228 g/mol. The molecule has 1 atom stereocenters. The monoisotopic (exact) mass is 248 g/mol. The quantitative estimate of drug-likeness (QED) is 0.610. The third kappa shape index (κ3) is 1.83. The van der Waals surface area contributed by atoms with Crippen LogP contribution in [-0.2, 0) is 19.9 Å². The van der Waals surface area contributed by atoms with Gasteiger partial charge in [-0.05, 0) is 40.2 Å². The first-order valence-corrected chi connectivity index (χ1v) is 6.29. The lowest BCUT2D eigenvalue weighted by molar-refractivity contribution is -0.150. The van der Waals surface area contributed by atoms with Crippen LogP contribution in [0.5, 0.6) is 0 Å². The molecule has 0 spiro atoms. The molecule has 0 aliphatic carbocycles. The zero-order chi connectivity index (χ0) is 13.6. The number of carbonyl (C=O) groups is 1. The average Bonchev–Trinajstić information content (AvgIpc) is 2.82. The van der Waals surface area contributed by atoms with Crippen molar-refractivity contribution in [1.29, 1.82) is 0 Å². The first kappa shape index (κ1) is 13.1. The summed E-state index contributed by atoms with van der Waals surface area (Å²) in [4.78, 5) is 12.2. The summed E-state index contributed by atoms with van der Waals surface area (Å²) in [6, 6.07) is 6.08. The van der Waals surface area contributed by atoms with E-state index < -0.39 is 11.2 Å². The summed E-state index contributed by atoms with van der Waals surface area (Å²) in [6.07, 6.45) is 0.